The van der Waals surface area contributed by atoms with Gasteiger partial charge in [-0.3, -0.25) is 10.2 Å². The summed E-state index contributed by atoms with van der Waals surface area (Å²) in [4.78, 5) is 15.8. The Morgan fingerprint density at radius 3 is 2.72 bits per heavy atom. The van der Waals surface area contributed by atoms with E-state index in [2.05, 4.69) is 27.6 Å². The summed E-state index contributed by atoms with van der Waals surface area (Å²) >= 11 is 1.39. The van der Waals surface area contributed by atoms with Gasteiger partial charge in [-0.2, -0.15) is 5.10 Å². The Morgan fingerprint density at radius 2 is 1.97 bits per heavy atom. The largest absolute Gasteiger partial charge is 0.493 e. The smallest absolute Gasteiger partial charge is 0.311 e. The van der Waals surface area contributed by atoms with Crippen molar-refractivity contribution in [2.24, 2.45) is 5.10 Å². The fourth-order valence-corrected chi connectivity index (χ4v) is 3.20. The van der Waals surface area contributed by atoms with Crippen molar-refractivity contribution in [3.8, 4) is 5.75 Å². The quantitative estimate of drug-likeness (QED) is 0.307. The third-order valence-corrected chi connectivity index (χ3v) is 4.73. The lowest BCUT2D eigenvalue weighted by molar-refractivity contribution is -0.142. The maximum Gasteiger partial charge on any atom is 0.311 e. The number of rotatable bonds is 10. The van der Waals surface area contributed by atoms with Crippen molar-refractivity contribution in [1.82, 2.24) is 4.98 Å². The Morgan fingerprint density at radius 1 is 1.17 bits per heavy atom. The summed E-state index contributed by atoms with van der Waals surface area (Å²) in [5.74, 6) is 0.550. The molecule has 6 nitrogen and oxygen atoms in total. The third kappa shape index (κ3) is 7.04. The lowest BCUT2D eigenvalue weighted by Crippen LogP contribution is -2.07. The summed E-state index contributed by atoms with van der Waals surface area (Å²) in [5, 5.41) is 6.63. The zero-order chi connectivity index (χ0) is 20.3. The van der Waals surface area contributed by atoms with Gasteiger partial charge in [-0.15, -0.1) is 11.3 Å². The molecule has 0 spiro atoms. The molecule has 2 aromatic carbocycles. The predicted octanol–water partition coefficient (Wildman–Crippen LogP) is 4.32. The molecule has 1 aromatic heterocycles. The zero-order valence-electron chi connectivity index (χ0n) is 16.2. The summed E-state index contributed by atoms with van der Waals surface area (Å²) in [6.07, 6.45) is 2.75. The van der Waals surface area contributed by atoms with Crippen LogP contribution in [0.1, 0.15) is 23.7 Å². The van der Waals surface area contributed by atoms with E-state index in [9.17, 15) is 4.79 Å². The highest BCUT2D eigenvalue weighted by molar-refractivity contribution is 7.13. The number of carbonyl (C=O) groups excluding carboxylic acids is 1. The number of ether oxygens (including phenoxy) is 2. The van der Waals surface area contributed by atoms with Gasteiger partial charge in [0.1, 0.15) is 5.75 Å². The number of benzene rings is 2. The molecule has 0 fully saturated rings. The van der Waals surface area contributed by atoms with E-state index in [1.54, 1.807) is 13.1 Å². The molecule has 150 valence electrons. The average molecular weight is 410 g/mol. The van der Waals surface area contributed by atoms with Gasteiger partial charge in [0.2, 0.25) is 5.13 Å². The summed E-state index contributed by atoms with van der Waals surface area (Å²) in [7, 11) is 0. The molecule has 0 amide bonds. The van der Waals surface area contributed by atoms with Crippen molar-refractivity contribution < 1.29 is 14.3 Å². The Bertz CT molecular complexity index is 924. The molecule has 0 saturated carbocycles. The summed E-state index contributed by atoms with van der Waals surface area (Å²) in [6.45, 7) is 2.79. The van der Waals surface area contributed by atoms with Gasteiger partial charge >= 0.3 is 5.97 Å². The normalized spacial score (nSPS) is 10.8. The number of nitrogens with zero attached hydrogens (tertiary/aromatic N) is 2. The molecule has 7 heteroatoms. The average Bonchev–Trinajstić information content (AvgIpc) is 3.17. The van der Waals surface area contributed by atoms with Gasteiger partial charge in [0.05, 0.1) is 31.5 Å². The number of hydrogen-bond donors (Lipinski definition) is 1. The molecular formula is C22H23N3O3S. The van der Waals surface area contributed by atoms with Crippen LogP contribution in [0.25, 0.3) is 0 Å². The van der Waals surface area contributed by atoms with Crippen molar-refractivity contribution in [2.75, 3.05) is 18.6 Å². The highest BCUT2D eigenvalue weighted by Gasteiger charge is 2.07. The van der Waals surface area contributed by atoms with Crippen molar-refractivity contribution >= 4 is 28.7 Å². The van der Waals surface area contributed by atoms with Gasteiger partial charge in [-0.05, 0) is 42.3 Å². The third-order valence-electron chi connectivity index (χ3n) is 3.94. The summed E-state index contributed by atoms with van der Waals surface area (Å²) in [6, 6.07) is 18.0. The molecule has 0 aliphatic carbocycles. The first kappa shape index (κ1) is 20.5. The van der Waals surface area contributed by atoms with Gasteiger partial charge in [0, 0.05) is 11.8 Å². The Balaban J connectivity index is 1.43. The van der Waals surface area contributed by atoms with E-state index in [4.69, 9.17) is 9.47 Å². The number of nitrogens with one attached hydrogen (secondary N) is 1. The molecule has 1 heterocycles. The molecule has 0 aliphatic rings. The lowest BCUT2D eigenvalue weighted by Gasteiger charge is -2.06. The number of hydrogen-bond acceptors (Lipinski definition) is 7. The maximum atomic E-state index is 11.5. The highest BCUT2D eigenvalue weighted by Crippen LogP contribution is 2.16. The van der Waals surface area contributed by atoms with Crippen LogP contribution in [-0.2, 0) is 22.4 Å². The van der Waals surface area contributed by atoms with Crippen LogP contribution in [0.15, 0.2) is 65.1 Å². The van der Waals surface area contributed by atoms with Crippen LogP contribution in [0.2, 0.25) is 0 Å². The molecule has 1 N–H and O–H groups in total. The molecule has 3 aromatic rings. The summed E-state index contributed by atoms with van der Waals surface area (Å²) < 4.78 is 10.7. The van der Waals surface area contributed by atoms with Crippen molar-refractivity contribution in [1.29, 1.82) is 0 Å². The fourth-order valence-electron chi connectivity index (χ4n) is 2.54. The van der Waals surface area contributed by atoms with E-state index in [0.717, 1.165) is 17.7 Å². The van der Waals surface area contributed by atoms with Gasteiger partial charge in [0.15, 0.2) is 0 Å². The van der Waals surface area contributed by atoms with Crippen LogP contribution in [0.4, 0.5) is 5.13 Å². The van der Waals surface area contributed by atoms with E-state index in [-0.39, 0.29) is 12.4 Å². The highest BCUT2D eigenvalue weighted by atomic mass is 32.1. The van der Waals surface area contributed by atoms with Crippen LogP contribution in [-0.4, -0.2) is 30.4 Å². The second-order valence-electron chi connectivity index (χ2n) is 6.15. The van der Waals surface area contributed by atoms with E-state index >= 15 is 0 Å². The molecule has 0 atom stereocenters. The van der Waals surface area contributed by atoms with E-state index in [1.165, 1.54) is 16.9 Å². The minimum atomic E-state index is -0.279. The Hall–Kier alpha value is -3.19. The topological polar surface area (TPSA) is 72.8 Å². The van der Waals surface area contributed by atoms with Crippen LogP contribution in [0, 0.1) is 0 Å². The number of anilines is 1. The minimum Gasteiger partial charge on any atom is -0.493 e. The second kappa shape index (κ2) is 11.0. The van der Waals surface area contributed by atoms with Crippen LogP contribution >= 0.6 is 11.3 Å². The predicted molar refractivity (Wildman–Crippen MR) is 116 cm³/mol. The molecule has 0 aliphatic heterocycles. The molecule has 0 bridgehead atoms. The van der Waals surface area contributed by atoms with Gasteiger partial charge in [-0.25, -0.2) is 4.98 Å². The zero-order valence-corrected chi connectivity index (χ0v) is 17.0. The van der Waals surface area contributed by atoms with Gasteiger partial charge in [-0.1, -0.05) is 30.3 Å². The van der Waals surface area contributed by atoms with Gasteiger partial charge in [0.25, 0.3) is 0 Å². The minimum absolute atomic E-state index is 0.168. The first-order chi connectivity index (χ1) is 14.2. The van der Waals surface area contributed by atoms with Crippen molar-refractivity contribution in [3.63, 3.8) is 0 Å². The Kier molecular flexibility index (Phi) is 7.77. The van der Waals surface area contributed by atoms with Crippen LogP contribution in [0.3, 0.4) is 0 Å². The maximum absolute atomic E-state index is 11.5. The summed E-state index contributed by atoms with van der Waals surface area (Å²) in [5.41, 5.74) is 5.75. The Labute approximate surface area is 174 Å². The first-order valence-corrected chi connectivity index (χ1v) is 10.3. The van der Waals surface area contributed by atoms with Crippen LogP contribution in [0.5, 0.6) is 5.75 Å². The standard InChI is InChI=1S/C22H23N3O3S/c1-2-27-21(26)14-19-16-29-22(24-19)25-23-15-18-8-10-20(11-9-18)28-13-12-17-6-4-3-5-7-17/h3-11,15-16H,2,12-14H2,1H3,(H,24,25). The number of esters is 1. The van der Waals surface area contributed by atoms with E-state index in [1.807, 2.05) is 47.8 Å². The fraction of sp³-hybridized carbons (Fsp3) is 0.227. The monoisotopic (exact) mass is 409 g/mol. The number of hydrazone groups is 1. The molecule has 0 radical (unpaired) electrons. The van der Waals surface area contributed by atoms with E-state index in [0.29, 0.717) is 24.0 Å². The lowest BCUT2D eigenvalue weighted by atomic mass is 10.2. The number of thiazole rings is 1. The second-order valence-corrected chi connectivity index (χ2v) is 7.01. The van der Waals surface area contributed by atoms with Crippen LogP contribution < -0.4 is 10.2 Å². The molecule has 3 rings (SSSR count). The van der Waals surface area contributed by atoms with Crippen molar-refractivity contribution in [3.05, 3.63) is 76.8 Å². The van der Waals surface area contributed by atoms with Crippen molar-refractivity contribution in [2.45, 2.75) is 19.8 Å². The molecular weight excluding hydrogens is 386 g/mol. The SMILES string of the molecule is CCOC(=O)Cc1csc(NN=Cc2ccc(OCCc3ccccc3)cc2)n1. The molecule has 0 saturated heterocycles. The van der Waals surface area contributed by atoms with E-state index < -0.39 is 0 Å². The first-order valence-electron chi connectivity index (χ1n) is 9.39. The number of carbonyl (C=O) groups is 1. The molecule has 0 unspecified atom stereocenters. The van der Waals surface area contributed by atoms with Gasteiger partial charge < -0.3 is 9.47 Å². The molecule has 29 heavy (non-hydrogen) atoms. The number of aromatic nitrogens is 1.